The van der Waals surface area contributed by atoms with Crippen LogP contribution in [-0.2, 0) is 0 Å². The minimum Gasteiger partial charge on any atom is -0.310 e. The minimum atomic E-state index is -0.527. The van der Waals surface area contributed by atoms with Crippen molar-refractivity contribution in [2.24, 2.45) is 0 Å². The molecule has 0 unspecified atom stereocenters. The van der Waals surface area contributed by atoms with Crippen molar-refractivity contribution < 1.29 is 4.79 Å². The number of pyridine rings is 1. The van der Waals surface area contributed by atoms with E-state index in [0.29, 0.717) is 17.3 Å². The van der Waals surface area contributed by atoms with E-state index in [1.165, 1.54) is 0 Å². The zero-order valence-corrected chi connectivity index (χ0v) is 12.4. The molecule has 0 saturated carbocycles. The third-order valence-corrected chi connectivity index (χ3v) is 2.92. The number of hydrogen-bond donors (Lipinski definition) is 3. The van der Waals surface area contributed by atoms with Crippen LogP contribution in [0.15, 0.2) is 24.5 Å². The normalized spacial score (nSPS) is 10.7. The maximum absolute atomic E-state index is 11.8. The van der Waals surface area contributed by atoms with Crippen molar-refractivity contribution in [3.05, 3.63) is 24.5 Å². The Morgan fingerprint density at radius 3 is 2.87 bits per heavy atom. The van der Waals surface area contributed by atoms with Crippen LogP contribution < -0.4 is 10.6 Å². The second-order valence-electron chi connectivity index (χ2n) is 4.88. The van der Waals surface area contributed by atoms with E-state index < -0.39 is 6.03 Å². The largest absolute Gasteiger partial charge is 0.327 e. The van der Waals surface area contributed by atoms with Gasteiger partial charge in [-0.1, -0.05) is 11.2 Å². The summed E-state index contributed by atoms with van der Waals surface area (Å²) in [6.07, 6.45) is 1.64. The highest BCUT2D eigenvalue weighted by molar-refractivity contribution is 5.97. The number of tetrazole rings is 1. The molecule has 11 heteroatoms. The highest BCUT2D eigenvalue weighted by Gasteiger charge is 2.12. The summed E-state index contributed by atoms with van der Waals surface area (Å²) in [7, 11) is 0. The Kier molecular flexibility index (Phi) is 3.91. The molecule has 0 saturated heterocycles. The molecule has 0 spiro atoms. The predicted octanol–water partition coefficient (Wildman–Crippen LogP) is 1.08. The smallest absolute Gasteiger partial charge is 0.310 e. The van der Waals surface area contributed by atoms with E-state index in [1.54, 1.807) is 24.5 Å². The molecular weight excluding hydrogens is 300 g/mol. The summed E-state index contributed by atoms with van der Waals surface area (Å²) in [5, 5.41) is 25.8. The van der Waals surface area contributed by atoms with Crippen LogP contribution in [-0.4, -0.2) is 46.4 Å². The molecule has 0 aliphatic rings. The maximum atomic E-state index is 11.8. The van der Waals surface area contributed by atoms with Crippen LogP contribution in [0.4, 0.5) is 16.6 Å². The number of hydrogen-bond acceptors (Lipinski definition) is 7. The van der Waals surface area contributed by atoms with E-state index in [0.717, 1.165) is 0 Å². The SMILES string of the molecule is CC(C)n1cnnc1-c1cccc(NC(=O)Nc2nn[nH]n2)n1. The molecule has 3 N–H and O–H groups in total. The lowest BCUT2D eigenvalue weighted by Gasteiger charge is -2.10. The number of anilines is 2. The molecule has 0 atom stereocenters. The standard InChI is InChI=1S/C12H14N10O/c1-7(2)22-6-13-17-10(22)8-4-3-5-9(14-8)15-12(23)16-11-18-20-21-19-11/h3-7H,1-2H3,(H3,14,15,16,18,19,20,21,23). The number of aromatic amines is 1. The van der Waals surface area contributed by atoms with Crippen LogP contribution in [0.25, 0.3) is 11.5 Å². The van der Waals surface area contributed by atoms with Gasteiger partial charge in [-0.2, -0.15) is 5.21 Å². The molecule has 3 aromatic rings. The molecular formula is C12H14N10O. The van der Waals surface area contributed by atoms with Gasteiger partial charge in [-0.3, -0.25) is 10.6 Å². The van der Waals surface area contributed by atoms with E-state index in [4.69, 9.17) is 0 Å². The lowest BCUT2D eigenvalue weighted by molar-refractivity contribution is 0.262. The monoisotopic (exact) mass is 314 g/mol. The van der Waals surface area contributed by atoms with Crippen molar-refractivity contribution in [3.63, 3.8) is 0 Å². The fourth-order valence-electron chi connectivity index (χ4n) is 1.90. The first-order chi connectivity index (χ1) is 11.1. The van der Waals surface area contributed by atoms with Gasteiger partial charge in [0.05, 0.1) is 0 Å². The van der Waals surface area contributed by atoms with E-state index in [2.05, 4.69) is 46.4 Å². The van der Waals surface area contributed by atoms with E-state index in [-0.39, 0.29) is 12.0 Å². The number of rotatable bonds is 4. The highest BCUT2D eigenvalue weighted by Crippen LogP contribution is 2.19. The summed E-state index contributed by atoms with van der Waals surface area (Å²) in [6, 6.07) is 4.90. The first-order valence-electron chi connectivity index (χ1n) is 6.82. The van der Waals surface area contributed by atoms with Crippen LogP contribution in [0.1, 0.15) is 19.9 Å². The van der Waals surface area contributed by atoms with Gasteiger partial charge in [0.15, 0.2) is 5.82 Å². The van der Waals surface area contributed by atoms with Gasteiger partial charge >= 0.3 is 6.03 Å². The number of urea groups is 1. The van der Waals surface area contributed by atoms with Crippen molar-refractivity contribution in [2.45, 2.75) is 19.9 Å². The van der Waals surface area contributed by atoms with Crippen LogP contribution >= 0.6 is 0 Å². The summed E-state index contributed by atoms with van der Waals surface area (Å²) in [6.45, 7) is 4.04. The Morgan fingerprint density at radius 1 is 1.26 bits per heavy atom. The molecule has 23 heavy (non-hydrogen) atoms. The Morgan fingerprint density at radius 2 is 2.13 bits per heavy atom. The van der Waals surface area contributed by atoms with Gasteiger partial charge in [-0.15, -0.1) is 15.3 Å². The molecule has 3 aromatic heterocycles. The molecule has 3 heterocycles. The number of amides is 2. The van der Waals surface area contributed by atoms with Crippen LogP contribution in [0.3, 0.4) is 0 Å². The molecule has 11 nitrogen and oxygen atoms in total. The van der Waals surface area contributed by atoms with E-state index in [1.807, 2.05) is 18.4 Å². The lowest BCUT2D eigenvalue weighted by atomic mass is 10.3. The fraction of sp³-hybridized carbons (Fsp3) is 0.250. The molecule has 2 amide bonds. The van der Waals surface area contributed by atoms with Crippen LogP contribution in [0.2, 0.25) is 0 Å². The van der Waals surface area contributed by atoms with E-state index in [9.17, 15) is 4.79 Å². The topological polar surface area (TPSA) is 139 Å². The molecule has 118 valence electrons. The number of carbonyl (C=O) groups is 1. The van der Waals surface area contributed by atoms with Crippen molar-refractivity contribution in [3.8, 4) is 11.5 Å². The summed E-state index contributed by atoms with van der Waals surface area (Å²) < 4.78 is 1.89. The quantitative estimate of drug-likeness (QED) is 0.654. The number of H-pyrrole nitrogens is 1. The highest BCUT2D eigenvalue weighted by atomic mass is 16.2. The van der Waals surface area contributed by atoms with Gasteiger partial charge in [0.25, 0.3) is 5.95 Å². The van der Waals surface area contributed by atoms with Crippen molar-refractivity contribution in [1.82, 2.24) is 40.4 Å². The zero-order valence-electron chi connectivity index (χ0n) is 12.4. The minimum absolute atomic E-state index is 0.0678. The Balaban J connectivity index is 1.77. The van der Waals surface area contributed by atoms with Gasteiger partial charge in [-0.05, 0) is 31.2 Å². The fourth-order valence-corrected chi connectivity index (χ4v) is 1.90. The zero-order chi connectivity index (χ0) is 16.2. The Hall–Kier alpha value is -3.37. The number of nitrogens with zero attached hydrogens (tertiary/aromatic N) is 7. The molecule has 0 radical (unpaired) electrons. The number of nitrogens with one attached hydrogen (secondary N) is 3. The summed E-state index contributed by atoms with van der Waals surface area (Å²) in [5.41, 5.74) is 0.605. The van der Waals surface area contributed by atoms with E-state index >= 15 is 0 Å². The molecule has 0 bridgehead atoms. The molecule has 0 aromatic carbocycles. The maximum Gasteiger partial charge on any atom is 0.327 e. The predicted molar refractivity (Wildman–Crippen MR) is 80.5 cm³/mol. The van der Waals surface area contributed by atoms with Crippen LogP contribution in [0.5, 0.6) is 0 Å². The van der Waals surface area contributed by atoms with Crippen molar-refractivity contribution >= 4 is 17.8 Å². The molecule has 0 aliphatic heterocycles. The van der Waals surface area contributed by atoms with Gasteiger partial charge in [0.1, 0.15) is 17.8 Å². The summed E-state index contributed by atoms with van der Waals surface area (Å²) in [4.78, 5) is 16.2. The Labute approximate surface area is 130 Å². The van der Waals surface area contributed by atoms with Gasteiger partial charge in [0, 0.05) is 6.04 Å². The third kappa shape index (κ3) is 3.28. The lowest BCUT2D eigenvalue weighted by Crippen LogP contribution is -2.21. The first-order valence-corrected chi connectivity index (χ1v) is 6.82. The second-order valence-corrected chi connectivity index (χ2v) is 4.88. The summed E-state index contributed by atoms with van der Waals surface area (Å²) >= 11 is 0. The first kappa shape index (κ1) is 14.6. The second kappa shape index (κ2) is 6.17. The Bertz CT molecular complexity index is 794. The van der Waals surface area contributed by atoms with Gasteiger partial charge in [0.2, 0.25) is 0 Å². The third-order valence-electron chi connectivity index (χ3n) is 2.92. The summed E-state index contributed by atoms with van der Waals surface area (Å²) in [5.74, 6) is 1.06. The van der Waals surface area contributed by atoms with Crippen molar-refractivity contribution in [2.75, 3.05) is 10.6 Å². The molecule has 0 aliphatic carbocycles. The number of carbonyl (C=O) groups excluding carboxylic acids is 1. The van der Waals surface area contributed by atoms with Crippen molar-refractivity contribution in [1.29, 1.82) is 0 Å². The average molecular weight is 314 g/mol. The van der Waals surface area contributed by atoms with Gasteiger partial charge in [-0.25, -0.2) is 9.78 Å². The molecule has 3 rings (SSSR count). The average Bonchev–Trinajstić information content (AvgIpc) is 3.18. The number of aromatic nitrogens is 8. The van der Waals surface area contributed by atoms with Gasteiger partial charge < -0.3 is 4.57 Å². The molecule has 0 fully saturated rings. The van der Waals surface area contributed by atoms with Crippen LogP contribution in [0, 0.1) is 0 Å².